The number of sulfonamides is 1. The predicted octanol–water partition coefficient (Wildman–Crippen LogP) is 4.67. The van der Waals surface area contributed by atoms with Gasteiger partial charge < -0.3 is 4.84 Å². The van der Waals surface area contributed by atoms with E-state index in [-0.39, 0.29) is 22.4 Å². The van der Waals surface area contributed by atoms with Crippen molar-refractivity contribution in [2.45, 2.75) is 50.6 Å². The molecule has 0 bridgehead atoms. The van der Waals surface area contributed by atoms with Crippen molar-refractivity contribution in [2.24, 2.45) is 5.16 Å². The molecule has 1 aliphatic carbocycles. The van der Waals surface area contributed by atoms with Crippen LogP contribution < -0.4 is 4.72 Å². The highest BCUT2D eigenvalue weighted by Gasteiger charge is 2.46. The molecule has 0 amide bonds. The van der Waals surface area contributed by atoms with Gasteiger partial charge in [0, 0.05) is 10.6 Å². The van der Waals surface area contributed by atoms with Gasteiger partial charge >= 0.3 is 15.5 Å². The molecule has 0 spiro atoms. The van der Waals surface area contributed by atoms with E-state index in [9.17, 15) is 21.6 Å². The van der Waals surface area contributed by atoms with Gasteiger partial charge in [0.2, 0.25) is 0 Å². The Labute approximate surface area is 149 Å². The first-order valence-electron chi connectivity index (χ1n) is 7.75. The number of oxime groups is 1. The average molecular weight is 399 g/mol. The van der Waals surface area contributed by atoms with Crippen LogP contribution in [0.1, 0.15) is 44.6 Å². The Morgan fingerprint density at radius 1 is 1.36 bits per heavy atom. The maximum absolute atomic E-state index is 12.6. The molecule has 0 atom stereocenters. The molecule has 2 rings (SSSR count). The van der Waals surface area contributed by atoms with Crippen molar-refractivity contribution < 1.29 is 26.4 Å². The van der Waals surface area contributed by atoms with Gasteiger partial charge in [-0.1, -0.05) is 23.7 Å². The largest absolute Gasteiger partial charge is 0.516 e. The van der Waals surface area contributed by atoms with E-state index in [0.29, 0.717) is 12.1 Å². The monoisotopic (exact) mass is 398 g/mol. The van der Waals surface area contributed by atoms with Gasteiger partial charge in [-0.2, -0.15) is 21.6 Å². The van der Waals surface area contributed by atoms with Gasteiger partial charge in [-0.15, -0.1) is 0 Å². The molecule has 1 aromatic carbocycles. The second-order valence-electron chi connectivity index (χ2n) is 5.64. The fourth-order valence-corrected chi connectivity index (χ4v) is 3.24. The second-order valence-corrected chi connectivity index (χ2v) is 7.75. The van der Waals surface area contributed by atoms with Crippen molar-refractivity contribution in [1.29, 1.82) is 0 Å². The summed E-state index contributed by atoms with van der Waals surface area (Å²) in [6.45, 7) is 1.74. The molecule has 140 valence electrons. The van der Waals surface area contributed by atoms with Crippen LogP contribution in [-0.4, -0.2) is 25.7 Å². The molecule has 1 saturated carbocycles. The van der Waals surface area contributed by atoms with Crippen molar-refractivity contribution in [3.05, 3.63) is 28.8 Å². The molecule has 1 aromatic rings. The van der Waals surface area contributed by atoms with Gasteiger partial charge in [0.1, 0.15) is 6.10 Å². The highest BCUT2D eigenvalue weighted by Crippen LogP contribution is 2.29. The van der Waals surface area contributed by atoms with E-state index in [1.54, 1.807) is 11.6 Å². The van der Waals surface area contributed by atoms with Crippen molar-refractivity contribution in [3.8, 4) is 0 Å². The van der Waals surface area contributed by atoms with Gasteiger partial charge in [-0.05, 0) is 50.3 Å². The third kappa shape index (κ3) is 5.01. The second kappa shape index (κ2) is 7.82. The van der Waals surface area contributed by atoms with Crippen LogP contribution in [0.3, 0.4) is 0 Å². The van der Waals surface area contributed by atoms with Crippen molar-refractivity contribution in [2.75, 3.05) is 4.72 Å². The molecule has 10 heteroatoms. The van der Waals surface area contributed by atoms with Crippen LogP contribution in [0.15, 0.2) is 23.4 Å². The maximum atomic E-state index is 12.6. The number of benzene rings is 1. The summed E-state index contributed by atoms with van der Waals surface area (Å²) in [6, 6.07) is 3.82. The Kier molecular flexibility index (Phi) is 6.21. The van der Waals surface area contributed by atoms with Crippen LogP contribution >= 0.6 is 11.6 Å². The van der Waals surface area contributed by atoms with Crippen LogP contribution in [0.25, 0.3) is 0 Å². The summed E-state index contributed by atoms with van der Waals surface area (Å²) in [6.07, 6.45) is 4.10. The van der Waals surface area contributed by atoms with Gasteiger partial charge in [0.15, 0.2) is 0 Å². The summed E-state index contributed by atoms with van der Waals surface area (Å²) in [7, 11) is -5.55. The molecular formula is C15H18ClF3N2O3S. The Morgan fingerprint density at radius 3 is 2.56 bits per heavy atom. The lowest BCUT2D eigenvalue weighted by Gasteiger charge is -2.16. The average Bonchev–Trinajstić information content (AvgIpc) is 3.02. The number of hydrogen-bond donors (Lipinski definition) is 1. The minimum absolute atomic E-state index is 0.0314. The molecule has 0 aromatic heterocycles. The maximum Gasteiger partial charge on any atom is 0.516 e. The van der Waals surface area contributed by atoms with E-state index < -0.39 is 15.5 Å². The standard InChI is InChI=1S/C15H18ClF3N2O3S/c1-2-13(20-24-11-5-3-4-6-11)12-9-10(16)7-8-14(12)21-25(22,23)15(17,18)19/h7-9,11,21H,2-6H2,1H3. The first-order chi connectivity index (χ1) is 11.6. The normalized spacial score (nSPS) is 16.9. The first-order valence-corrected chi connectivity index (χ1v) is 9.62. The highest BCUT2D eigenvalue weighted by atomic mass is 35.5. The zero-order valence-electron chi connectivity index (χ0n) is 13.4. The first kappa shape index (κ1) is 19.8. The summed E-state index contributed by atoms with van der Waals surface area (Å²) in [5.74, 6) is 0. The summed E-state index contributed by atoms with van der Waals surface area (Å²) in [4.78, 5) is 5.45. The zero-order chi connectivity index (χ0) is 18.7. The zero-order valence-corrected chi connectivity index (χ0v) is 15.0. The van der Waals surface area contributed by atoms with E-state index in [1.165, 1.54) is 18.2 Å². The van der Waals surface area contributed by atoms with Gasteiger partial charge in [0.25, 0.3) is 0 Å². The molecule has 1 fully saturated rings. The smallest absolute Gasteiger partial charge is 0.392 e. The lowest BCUT2D eigenvalue weighted by molar-refractivity contribution is -0.0429. The molecule has 0 radical (unpaired) electrons. The van der Waals surface area contributed by atoms with Crippen LogP contribution in [0.2, 0.25) is 5.02 Å². The summed E-state index contributed by atoms with van der Waals surface area (Å²) >= 11 is 5.91. The topological polar surface area (TPSA) is 67.8 Å². The summed E-state index contributed by atoms with van der Waals surface area (Å²) in [5.41, 5.74) is -5.21. The van der Waals surface area contributed by atoms with Gasteiger partial charge in [-0.25, -0.2) is 0 Å². The predicted molar refractivity (Wildman–Crippen MR) is 90.2 cm³/mol. The Morgan fingerprint density at radius 2 is 2.00 bits per heavy atom. The lowest BCUT2D eigenvalue weighted by Crippen LogP contribution is -2.30. The molecule has 1 N–H and O–H groups in total. The molecule has 5 nitrogen and oxygen atoms in total. The van der Waals surface area contributed by atoms with E-state index in [1.807, 2.05) is 0 Å². The van der Waals surface area contributed by atoms with E-state index in [4.69, 9.17) is 16.4 Å². The van der Waals surface area contributed by atoms with E-state index in [0.717, 1.165) is 25.7 Å². The molecule has 1 aliphatic rings. The summed E-state index contributed by atoms with van der Waals surface area (Å²) in [5, 5.41) is 4.27. The Bertz CT molecular complexity index is 745. The lowest BCUT2D eigenvalue weighted by atomic mass is 10.1. The Hall–Kier alpha value is -1.48. The fraction of sp³-hybridized carbons (Fsp3) is 0.533. The van der Waals surface area contributed by atoms with Gasteiger partial charge in [-0.3, -0.25) is 4.72 Å². The number of nitrogens with zero attached hydrogens (tertiary/aromatic N) is 1. The third-order valence-corrected chi connectivity index (χ3v) is 5.12. The number of hydrogen-bond acceptors (Lipinski definition) is 4. The van der Waals surface area contributed by atoms with Crippen LogP contribution in [0.4, 0.5) is 18.9 Å². The number of halogens is 4. The number of anilines is 1. The minimum atomic E-state index is -5.55. The van der Waals surface area contributed by atoms with Crippen LogP contribution in [0.5, 0.6) is 0 Å². The molecule has 25 heavy (non-hydrogen) atoms. The third-order valence-electron chi connectivity index (χ3n) is 3.79. The Balaban J connectivity index is 2.34. The summed E-state index contributed by atoms with van der Waals surface area (Å²) < 4.78 is 62.2. The molecule has 0 saturated heterocycles. The fourth-order valence-electron chi connectivity index (χ4n) is 2.48. The molecule has 0 heterocycles. The number of alkyl halides is 3. The highest BCUT2D eigenvalue weighted by molar-refractivity contribution is 7.93. The van der Waals surface area contributed by atoms with E-state index >= 15 is 0 Å². The van der Waals surface area contributed by atoms with Crippen LogP contribution in [-0.2, 0) is 14.9 Å². The number of nitrogens with one attached hydrogen (secondary N) is 1. The van der Waals surface area contributed by atoms with Crippen molar-refractivity contribution >= 4 is 33.0 Å². The molecule has 0 unspecified atom stereocenters. The number of rotatable bonds is 6. The molecular weight excluding hydrogens is 381 g/mol. The van der Waals surface area contributed by atoms with Crippen LogP contribution in [0, 0.1) is 0 Å². The minimum Gasteiger partial charge on any atom is -0.392 e. The van der Waals surface area contributed by atoms with Gasteiger partial charge in [0.05, 0.1) is 11.4 Å². The quantitative estimate of drug-likeness (QED) is 0.559. The van der Waals surface area contributed by atoms with E-state index in [2.05, 4.69) is 5.16 Å². The molecule has 0 aliphatic heterocycles. The van der Waals surface area contributed by atoms with Crippen molar-refractivity contribution in [1.82, 2.24) is 0 Å². The SMILES string of the molecule is CCC(=NOC1CCCC1)c1cc(Cl)ccc1NS(=O)(=O)C(F)(F)F. The van der Waals surface area contributed by atoms with Crippen molar-refractivity contribution in [3.63, 3.8) is 0 Å².